The molecule has 0 radical (unpaired) electrons. The van der Waals surface area contributed by atoms with Gasteiger partial charge in [0.2, 0.25) is 0 Å². The fourth-order valence-electron chi connectivity index (χ4n) is 2.86. The SMILES string of the molecule is CC1(C2CC2)NC(=O)C(c2ccc(C#N)cc2C#N)=C1O. The highest BCUT2D eigenvalue weighted by Gasteiger charge is 2.52. The summed E-state index contributed by atoms with van der Waals surface area (Å²) in [5, 5.41) is 31.5. The van der Waals surface area contributed by atoms with Crippen LogP contribution in [0.25, 0.3) is 5.57 Å². The number of nitriles is 2. The van der Waals surface area contributed by atoms with E-state index in [0.29, 0.717) is 11.1 Å². The van der Waals surface area contributed by atoms with Crippen molar-refractivity contribution in [1.29, 1.82) is 10.5 Å². The second-order valence-electron chi connectivity index (χ2n) is 5.64. The minimum Gasteiger partial charge on any atom is -0.509 e. The fourth-order valence-corrected chi connectivity index (χ4v) is 2.86. The normalized spacial score (nSPS) is 24.4. The first-order valence-electron chi connectivity index (χ1n) is 6.72. The van der Waals surface area contributed by atoms with Crippen LogP contribution in [0, 0.1) is 28.6 Å². The number of rotatable bonds is 2. The lowest BCUT2D eigenvalue weighted by Gasteiger charge is -2.24. The molecule has 2 N–H and O–H groups in total. The molecule has 1 amide bonds. The molecule has 0 saturated heterocycles. The van der Waals surface area contributed by atoms with Crippen molar-refractivity contribution in [3.05, 3.63) is 40.6 Å². The van der Waals surface area contributed by atoms with Crippen molar-refractivity contribution in [2.75, 3.05) is 0 Å². The first kappa shape index (κ1) is 13.2. The van der Waals surface area contributed by atoms with Gasteiger partial charge in [0.25, 0.3) is 5.91 Å². The predicted molar refractivity (Wildman–Crippen MR) is 74.7 cm³/mol. The van der Waals surface area contributed by atoms with Crippen LogP contribution in [0.2, 0.25) is 0 Å². The molecule has 1 saturated carbocycles. The summed E-state index contributed by atoms with van der Waals surface area (Å²) in [5.41, 5.74) is 0.332. The Morgan fingerprint density at radius 3 is 2.62 bits per heavy atom. The Labute approximate surface area is 122 Å². The van der Waals surface area contributed by atoms with Crippen molar-refractivity contribution in [1.82, 2.24) is 5.32 Å². The summed E-state index contributed by atoms with van der Waals surface area (Å²) >= 11 is 0. The van der Waals surface area contributed by atoms with Crippen LogP contribution in [0.3, 0.4) is 0 Å². The zero-order chi connectivity index (χ0) is 15.2. The van der Waals surface area contributed by atoms with Gasteiger partial charge in [-0.3, -0.25) is 4.79 Å². The van der Waals surface area contributed by atoms with Crippen molar-refractivity contribution in [2.24, 2.45) is 5.92 Å². The zero-order valence-electron chi connectivity index (χ0n) is 11.5. The van der Waals surface area contributed by atoms with Crippen molar-refractivity contribution in [2.45, 2.75) is 25.3 Å². The van der Waals surface area contributed by atoms with Crippen LogP contribution in [-0.4, -0.2) is 16.6 Å². The molecule has 21 heavy (non-hydrogen) atoms. The van der Waals surface area contributed by atoms with Crippen molar-refractivity contribution in [3.8, 4) is 12.1 Å². The van der Waals surface area contributed by atoms with E-state index in [-0.39, 0.29) is 28.7 Å². The zero-order valence-corrected chi connectivity index (χ0v) is 11.5. The van der Waals surface area contributed by atoms with Gasteiger partial charge in [-0.25, -0.2) is 0 Å². The highest BCUT2D eigenvalue weighted by molar-refractivity contribution is 6.23. The lowest BCUT2D eigenvalue weighted by atomic mass is 9.91. The minimum absolute atomic E-state index is 0.00351. The van der Waals surface area contributed by atoms with E-state index in [1.807, 2.05) is 12.1 Å². The van der Waals surface area contributed by atoms with Crippen LogP contribution in [0.1, 0.15) is 36.5 Å². The van der Waals surface area contributed by atoms with Gasteiger partial charge in [-0.1, -0.05) is 6.07 Å². The number of nitrogens with zero attached hydrogens (tertiary/aromatic N) is 2. The Bertz CT molecular complexity index is 763. The maximum Gasteiger partial charge on any atom is 0.256 e. The van der Waals surface area contributed by atoms with E-state index < -0.39 is 5.54 Å². The Hall–Kier alpha value is -2.79. The molecule has 104 valence electrons. The number of hydrogen-bond donors (Lipinski definition) is 2. The van der Waals surface area contributed by atoms with Gasteiger partial charge in [-0.15, -0.1) is 0 Å². The van der Waals surface area contributed by atoms with Gasteiger partial charge in [0, 0.05) is 5.56 Å². The Balaban J connectivity index is 2.16. The van der Waals surface area contributed by atoms with E-state index in [1.54, 1.807) is 13.0 Å². The summed E-state index contributed by atoms with van der Waals surface area (Å²) in [4.78, 5) is 12.3. The monoisotopic (exact) mass is 279 g/mol. The molecule has 5 heteroatoms. The first-order valence-corrected chi connectivity index (χ1v) is 6.72. The van der Waals surface area contributed by atoms with E-state index in [9.17, 15) is 15.2 Å². The minimum atomic E-state index is -0.743. The summed E-state index contributed by atoms with van der Waals surface area (Å²) in [6, 6.07) is 8.45. The van der Waals surface area contributed by atoms with E-state index in [4.69, 9.17) is 5.26 Å². The molecule has 1 atom stereocenters. The van der Waals surface area contributed by atoms with Gasteiger partial charge in [-0.2, -0.15) is 10.5 Å². The highest BCUT2D eigenvalue weighted by atomic mass is 16.3. The summed E-state index contributed by atoms with van der Waals surface area (Å²) in [6.45, 7) is 1.81. The molecule has 0 aromatic heterocycles. The highest BCUT2D eigenvalue weighted by Crippen LogP contribution is 2.47. The van der Waals surface area contributed by atoms with Crippen LogP contribution < -0.4 is 5.32 Å². The Morgan fingerprint density at radius 1 is 1.33 bits per heavy atom. The average molecular weight is 279 g/mol. The van der Waals surface area contributed by atoms with Gasteiger partial charge >= 0.3 is 0 Å². The molecule has 1 aliphatic carbocycles. The maximum absolute atomic E-state index is 12.3. The summed E-state index contributed by atoms with van der Waals surface area (Å²) in [7, 11) is 0. The van der Waals surface area contributed by atoms with E-state index in [2.05, 4.69) is 5.32 Å². The van der Waals surface area contributed by atoms with Crippen LogP contribution in [0.15, 0.2) is 24.0 Å². The van der Waals surface area contributed by atoms with Crippen molar-refractivity contribution in [3.63, 3.8) is 0 Å². The van der Waals surface area contributed by atoms with Gasteiger partial charge in [-0.05, 0) is 37.8 Å². The molecule has 2 aliphatic rings. The molecule has 1 aliphatic heterocycles. The molecule has 1 heterocycles. The molecule has 1 aromatic carbocycles. The summed E-state index contributed by atoms with van der Waals surface area (Å²) < 4.78 is 0. The van der Waals surface area contributed by atoms with Crippen LogP contribution >= 0.6 is 0 Å². The topological polar surface area (TPSA) is 96.9 Å². The molecule has 1 aromatic rings. The second-order valence-corrected chi connectivity index (χ2v) is 5.64. The number of carbonyl (C=O) groups excluding carboxylic acids is 1. The molecule has 1 fully saturated rings. The molecular weight excluding hydrogens is 266 g/mol. The Kier molecular flexibility index (Phi) is 2.74. The molecule has 5 nitrogen and oxygen atoms in total. The van der Waals surface area contributed by atoms with Crippen LogP contribution in [0.4, 0.5) is 0 Å². The molecule has 0 bridgehead atoms. The molecule has 3 rings (SSSR count). The van der Waals surface area contributed by atoms with E-state index in [0.717, 1.165) is 12.8 Å². The van der Waals surface area contributed by atoms with Crippen LogP contribution in [-0.2, 0) is 4.79 Å². The molecule has 1 unspecified atom stereocenters. The number of carbonyl (C=O) groups is 1. The number of aliphatic hydroxyl groups is 1. The van der Waals surface area contributed by atoms with Crippen molar-refractivity contribution < 1.29 is 9.90 Å². The van der Waals surface area contributed by atoms with E-state index >= 15 is 0 Å². The van der Waals surface area contributed by atoms with Crippen molar-refractivity contribution >= 4 is 11.5 Å². The smallest absolute Gasteiger partial charge is 0.256 e. The maximum atomic E-state index is 12.3. The third kappa shape index (κ3) is 1.86. The average Bonchev–Trinajstić information content (AvgIpc) is 3.29. The summed E-state index contributed by atoms with van der Waals surface area (Å²) in [5.74, 6) is -0.137. The lowest BCUT2D eigenvalue weighted by molar-refractivity contribution is -0.116. The molecular formula is C16H13N3O2. The van der Waals surface area contributed by atoms with Gasteiger partial charge < -0.3 is 10.4 Å². The number of nitrogens with one attached hydrogen (secondary N) is 1. The standard InChI is InChI=1S/C16H13N3O2/c1-16(11-3-4-11)14(20)13(15(21)19-16)12-5-2-9(7-17)6-10(12)8-18/h2,5-6,11,20H,3-4H2,1H3,(H,19,21). The number of hydrogen-bond acceptors (Lipinski definition) is 4. The van der Waals surface area contributed by atoms with E-state index in [1.165, 1.54) is 12.1 Å². The van der Waals surface area contributed by atoms with Crippen LogP contribution in [0.5, 0.6) is 0 Å². The predicted octanol–water partition coefficient (Wildman–Crippen LogP) is 2.00. The fraction of sp³-hybridized carbons (Fsp3) is 0.312. The third-order valence-corrected chi connectivity index (χ3v) is 4.26. The number of benzene rings is 1. The quantitative estimate of drug-likeness (QED) is 0.865. The molecule has 0 spiro atoms. The first-order chi connectivity index (χ1) is 10.0. The number of amides is 1. The number of aliphatic hydroxyl groups excluding tert-OH is 1. The largest absolute Gasteiger partial charge is 0.509 e. The lowest BCUT2D eigenvalue weighted by Crippen LogP contribution is -2.43. The summed E-state index contributed by atoms with van der Waals surface area (Å²) in [6.07, 6.45) is 1.93. The Morgan fingerprint density at radius 2 is 2.05 bits per heavy atom. The van der Waals surface area contributed by atoms with Gasteiger partial charge in [0.1, 0.15) is 5.76 Å². The van der Waals surface area contributed by atoms with Gasteiger partial charge in [0.15, 0.2) is 0 Å². The second kappa shape index (κ2) is 4.36. The third-order valence-electron chi connectivity index (χ3n) is 4.26. The van der Waals surface area contributed by atoms with Gasteiger partial charge in [0.05, 0.1) is 34.4 Å².